The topological polar surface area (TPSA) is 237 Å². The number of hydrogen-bond donors (Lipinski definition) is 3. The van der Waals surface area contributed by atoms with Crippen molar-refractivity contribution in [3.05, 3.63) is 0 Å². The zero-order valence-corrected chi connectivity index (χ0v) is 65.9. The van der Waals surface area contributed by atoms with Crippen LogP contribution in [-0.4, -0.2) is 96.7 Å². The molecule has 0 heterocycles. The third kappa shape index (κ3) is 72.4. The van der Waals surface area contributed by atoms with Gasteiger partial charge in [-0.3, -0.25) is 37.3 Å². The Bertz CT molecular complexity index is 1890. The maximum Gasteiger partial charge on any atom is 0.472 e. The lowest BCUT2D eigenvalue weighted by Crippen LogP contribution is -2.30. The van der Waals surface area contributed by atoms with Crippen LogP contribution in [0.2, 0.25) is 0 Å². The Morgan fingerprint density at radius 2 is 0.469 bits per heavy atom. The lowest BCUT2D eigenvalue weighted by molar-refractivity contribution is -0.161. The van der Waals surface area contributed by atoms with Gasteiger partial charge in [-0.05, 0) is 37.5 Å². The van der Waals surface area contributed by atoms with Gasteiger partial charge in [0.25, 0.3) is 0 Å². The van der Waals surface area contributed by atoms with E-state index >= 15 is 0 Å². The molecule has 19 heteroatoms. The summed E-state index contributed by atoms with van der Waals surface area (Å²) in [5.41, 5.74) is 0. The maximum absolute atomic E-state index is 13.1. The molecule has 2 unspecified atom stereocenters. The average molecular weight is 1440 g/mol. The van der Waals surface area contributed by atoms with Gasteiger partial charge in [0.05, 0.1) is 26.4 Å². The molecule has 5 atom stereocenters. The van der Waals surface area contributed by atoms with E-state index in [9.17, 15) is 43.2 Å². The van der Waals surface area contributed by atoms with Crippen molar-refractivity contribution in [1.82, 2.24) is 0 Å². The van der Waals surface area contributed by atoms with Crippen LogP contribution < -0.4 is 0 Å². The number of carbonyl (C=O) groups excluding carboxylic acids is 4. The van der Waals surface area contributed by atoms with Crippen molar-refractivity contribution < 1.29 is 80.2 Å². The lowest BCUT2D eigenvalue weighted by Gasteiger charge is -2.21. The fraction of sp³-hybridized carbons (Fsp3) is 0.949. The Morgan fingerprint density at radius 1 is 0.276 bits per heavy atom. The third-order valence-electron chi connectivity index (χ3n) is 18.5. The summed E-state index contributed by atoms with van der Waals surface area (Å²) in [4.78, 5) is 72.9. The van der Waals surface area contributed by atoms with Crippen LogP contribution >= 0.6 is 15.6 Å². The van der Waals surface area contributed by atoms with Crippen molar-refractivity contribution in [3.8, 4) is 0 Å². The second-order valence-corrected chi connectivity index (χ2v) is 32.3. The minimum Gasteiger partial charge on any atom is -0.462 e. The van der Waals surface area contributed by atoms with Crippen LogP contribution in [0.1, 0.15) is 414 Å². The number of aliphatic hydroxyl groups excluding tert-OH is 1. The number of unbranched alkanes of at least 4 members (excludes halogenated alkanes) is 48. The molecule has 0 bridgehead atoms. The first-order chi connectivity index (χ1) is 47.4. The predicted octanol–water partition coefficient (Wildman–Crippen LogP) is 23.5. The largest absolute Gasteiger partial charge is 0.472 e. The minimum absolute atomic E-state index is 0.107. The van der Waals surface area contributed by atoms with E-state index in [1.807, 2.05) is 0 Å². The maximum atomic E-state index is 13.1. The first kappa shape index (κ1) is 96.1. The fourth-order valence-electron chi connectivity index (χ4n) is 12.2. The van der Waals surface area contributed by atoms with E-state index in [1.165, 1.54) is 225 Å². The van der Waals surface area contributed by atoms with Crippen molar-refractivity contribution in [1.29, 1.82) is 0 Å². The molecule has 0 radical (unpaired) electrons. The van der Waals surface area contributed by atoms with Crippen LogP contribution in [0.25, 0.3) is 0 Å². The van der Waals surface area contributed by atoms with Crippen LogP contribution in [0, 0.1) is 11.8 Å². The first-order valence-corrected chi connectivity index (χ1v) is 44.0. The monoisotopic (exact) mass is 1440 g/mol. The number of hydrogen-bond acceptors (Lipinski definition) is 15. The predicted molar refractivity (Wildman–Crippen MR) is 400 cm³/mol. The Kier molecular flexibility index (Phi) is 69.3. The smallest absolute Gasteiger partial charge is 0.462 e. The summed E-state index contributed by atoms with van der Waals surface area (Å²) in [5, 5.41) is 10.6. The molecule has 582 valence electrons. The van der Waals surface area contributed by atoms with Gasteiger partial charge >= 0.3 is 39.5 Å². The molecule has 0 saturated carbocycles. The van der Waals surface area contributed by atoms with E-state index in [0.717, 1.165) is 108 Å². The van der Waals surface area contributed by atoms with E-state index in [-0.39, 0.29) is 25.7 Å². The summed E-state index contributed by atoms with van der Waals surface area (Å²) in [7, 11) is -9.91. The van der Waals surface area contributed by atoms with Crippen molar-refractivity contribution in [2.24, 2.45) is 11.8 Å². The molecule has 0 aliphatic rings. The molecule has 0 aromatic rings. The van der Waals surface area contributed by atoms with Crippen molar-refractivity contribution in [2.75, 3.05) is 39.6 Å². The van der Waals surface area contributed by atoms with Gasteiger partial charge in [0, 0.05) is 25.7 Å². The van der Waals surface area contributed by atoms with E-state index in [1.54, 1.807) is 0 Å². The van der Waals surface area contributed by atoms with Gasteiger partial charge in [0.2, 0.25) is 0 Å². The van der Waals surface area contributed by atoms with Crippen LogP contribution in [0.4, 0.5) is 0 Å². The lowest BCUT2D eigenvalue weighted by atomic mass is 10.0. The average Bonchev–Trinajstić information content (AvgIpc) is 1.05. The molecule has 0 spiro atoms. The molecule has 0 fully saturated rings. The summed E-state index contributed by atoms with van der Waals surface area (Å²) in [6.07, 6.45) is 59.7. The summed E-state index contributed by atoms with van der Waals surface area (Å²) < 4.78 is 68.6. The molecule has 3 N–H and O–H groups in total. The number of aliphatic hydroxyl groups is 1. The van der Waals surface area contributed by atoms with Crippen LogP contribution in [0.15, 0.2) is 0 Å². The quantitative estimate of drug-likeness (QED) is 0.0222. The highest BCUT2D eigenvalue weighted by molar-refractivity contribution is 7.47. The highest BCUT2D eigenvalue weighted by Crippen LogP contribution is 2.45. The fourth-order valence-corrected chi connectivity index (χ4v) is 13.8. The number of phosphoric ester groups is 2. The number of esters is 4. The Morgan fingerprint density at radius 3 is 0.694 bits per heavy atom. The Balaban J connectivity index is 5.21. The first-order valence-electron chi connectivity index (χ1n) is 41.0. The zero-order valence-electron chi connectivity index (χ0n) is 64.1. The second kappa shape index (κ2) is 70.7. The molecule has 0 aliphatic heterocycles. The van der Waals surface area contributed by atoms with Gasteiger partial charge in [-0.2, -0.15) is 0 Å². The van der Waals surface area contributed by atoms with E-state index < -0.39 is 97.5 Å². The van der Waals surface area contributed by atoms with Crippen molar-refractivity contribution in [3.63, 3.8) is 0 Å². The van der Waals surface area contributed by atoms with Gasteiger partial charge in [-0.15, -0.1) is 0 Å². The molecular weight excluding hydrogens is 1280 g/mol. The van der Waals surface area contributed by atoms with Gasteiger partial charge in [-0.1, -0.05) is 363 Å². The molecular formula is C79H154O17P2. The Labute approximate surface area is 600 Å². The molecule has 17 nitrogen and oxygen atoms in total. The van der Waals surface area contributed by atoms with Crippen molar-refractivity contribution in [2.45, 2.75) is 432 Å². The molecule has 0 rings (SSSR count). The number of ether oxygens (including phenoxy) is 4. The summed E-state index contributed by atoms with van der Waals surface area (Å²) in [5.74, 6) is -0.537. The third-order valence-corrected chi connectivity index (χ3v) is 20.4. The minimum atomic E-state index is -4.96. The molecule has 98 heavy (non-hydrogen) atoms. The van der Waals surface area contributed by atoms with Gasteiger partial charge in [0.1, 0.15) is 19.3 Å². The Hall–Kier alpha value is -1.94. The molecule has 0 aliphatic carbocycles. The standard InChI is InChI=1S/C79H154O17P2/c1-7-9-11-13-15-17-18-19-20-21-22-23-28-34-39-45-51-57-63-78(83)96-75(68-90-77(82)62-56-50-44-38-33-27-25-24-26-31-36-41-47-53-59-71(3)4)70-94-98(87,88)92-66-73(80)65-91-97(85,86)93-69-74(67-89-76(81)61-55-49-43-16-14-12-10-8-2)95-79(84)64-58-52-46-40-35-30-29-32-37-42-48-54-60-72(5)6/h71-75,80H,7-70H2,1-6H3,(H,85,86)(H,87,88)/t73-,74+,75+/m0/s1. The van der Waals surface area contributed by atoms with E-state index in [2.05, 4.69) is 41.5 Å². The molecule has 0 aromatic heterocycles. The SMILES string of the molecule is CCCCCCCCCCCCCCCCCCCCC(=O)O[C@H](COC(=O)CCCCCCCCCCCCCCCCC(C)C)COP(=O)(O)OC[C@@H](O)COP(=O)(O)OC[C@@H](COC(=O)CCCCCCCCCC)OC(=O)CCCCCCCCCCCCCCC(C)C. The second-order valence-electron chi connectivity index (χ2n) is 29.4. The normalized spacial score (nSPS) is 13.9. The summed E-state index contributed by atoms with van der Waals surface area (Å²) in [6.45, 7) is 9.63. The van der Waals surface area contributed by atoms with Gasteiger partial charge in [0.15, 0.2) is 12.2 Å². The van der Waals surface area contributed by atoms with E-state index in [0.29, 0.717) is 25.7 Å². The van der Waals surface area contributed by atoms with Gasteiger partial charge in [-0.25, -0.2) is 9.13 Å². The molecule has 0 saturated heterocycles. The number of phosphoric acid groups is 2. The zero-order chi connectivity index (χ0) is 72.1. The van der Waals surface area contributed by atoms with Crippen LogP contribution in [0.5, 0.6) is 0 Å². The number of carbonyl (C=O) groups is 4. The molecule has 0 amide bonds. The highest BCUT2D eigenvalue weighted by Gasteiger charge is 2.30. The highest BCUT2D eigenvalue weighted by atomic mass is 31.2. The van der Waals surface area contributed by atoms with Crippen LogP contribution in [-0.2, 0) is 65.4 Å². The summed E-state index contributed by atoms with van der Waals surface area (Å²) >= 11 is 0. The number of rotatable bonds is 78. The van der Waals surface area contributed by atoms with Crippen molar-refractivity contribution >= 4 is 39.5 Å². The summed E-state index contributed by atoms with van der Waals surface area (Å²) in [6, 6.07) is 0. The van der Waals surface area contributed by atoms with Gasteiger partial charge < -0.3 is 33.8 Å². The molecule has 0 aromatic carbocycles. The van der Waals surface area contributed by atoms with E-state index in [4.69, 9.17) is 37.0 Å². The van der Waals surface area contributed by atoms with Crippen LogP contribution in [0.3, 0.4) is 0 Å².